The molecule has 2 N–H and O–H groups in total. The Kier molecular flexibility index (Phi) is 6.94. The van der Waals surface area contributed by atoms with Crippen LogP contribution < -0.4 is 10.0 Å². The van der Waals surface area contributed by atoms with E-state index in [4.69, 9.17) is 34.8 Å². The van der Waals surface area contributed by atoms with Crippen molar-refractivity contribution >= 4 is 62.1 Å². The number of benzene rings is 3. The van der Waals surface area contributed by atoms with E-state index in [9.17, 15) is 26.4 Å². The third kappa shape index (κ3) is 5.47. The number of amides is 1. The maximum Gasteiger partial charge on any atom is 0.417 e. The van der Waals surface area contributed by atoms with Crippen molar-refractivity contribution in [1.82, 2.24) is 0 Å². The second kappa shape index (κ2) is 9.19. The van der Waals surface area contributed by atoms with E-state index in [1.165, 1.54) is 42.5 Å². The molecule has 0 radical (unpaired) electrons. The Hall–Kier alpha value is -2.46. The van der Waals surface area contributed by atoms with E-state index in [0.717, 1.165) is 12.1 Å². The molecule has 0 spiro atoms. The number of hydrogen-bond acceptors (Lipinski definition) is 3. The summed E-state index contributed by atoms with van der Waals surface area (Å²) in [7, 11) is -4.24. The summed E-state index contributed by atoms with van der Waals surface area (Å²) < 4.78 is 67.0. The normalized spacial score (nSPS) is 11.8. The maximum absolute atomic E-state index is 13.1. The van der Waals surface area contributed by atoms with E-state index in [1.54, 1.807) is 0 Å². The van der Waals surface area contributed by atoms with Crippen molar-refractivity contribution in [2.24, 2.45) is 0 Å². The first-order valence-corrected chi connectivity index (χ1v) is 11.3. The monoisotopic (exact) mass is 522 g/mol. The van der Waals surface area contributed by atoms with Gasteiger partial charge in [0.05, 0.1) is 26.9 Å². The second-order valence-electron chi connectivity index (χ2n) is 6.37. The van der Waals surface area contributed by atoms with Gasteiger partial charge in [-0.1, -0.05) is 46.9 Å². The lowest BCUT2D eigenvalue weighted by molar-refractivity contribution is -0.137. The molecule has 0 fully saturated rings. The number of para-hydroxylation sites is 1. The van der Waals surface area contributed by atoms with Crippen LogP contribution in [0.1, 0.15) is 15.9 Å². The van der Waals surface area contributed by atoms with Crippen LogP contribution in [-0.2, 0) is 16.2 Å². The molecule has 0 aliphatic carbocycles. The van der Waals surface area contributed by atoms with Crippen LogP contribution in [0.5, 0.6) is 0 Å². The maximum atomic E-state index is 13.1. The predicted octanol–water partition coefficient (Wildman–Crippen LogP) is 6.72. The van der Waals surface area contributed by atoms with Gasteiger partial charge in [-0.2, -0.15) is 13.2 Å². The molecule has 1 amide bonds. The zero-order valence-electron chi connectivity index (χ0n) is 15.7. The van der Waals surface area contributed by atoms with Crippen LogP contribution in [0.4, 0.5) is 24.5 Å². The van der Waals surface area contributed by atoms with E-state index < -0.39 is 32.7 Å². The highest BCUT2D eigenvalue weighted by Crippen LogP contribution is 2.36. The van der Waals surface area contributed by atoms with Crippen LogP contribution in [-0.4, -0.2) is 14.3 Å². The predicted molar refractivity (Wildman–Crippen MR) is 118 cm³/mol. The molecule has 0 aromatic heterocycles. The van der Waals surface area contributed by atoms with Crippen LogP contribution in [0.15, 0.2) is 65.6 Å². The number of nitrogens with one attached hydrogen (secondary N) is 2. The molecular formula is C20H12Cl3F3N2O3S. The highest BCUT2D eigenvalue weighted by Gasteiger charge is 2.33. The lowest BCUT2D eigenvalue weighted by atomic mass is 10.1. The summed E-state index contributed by atoms with van der Waals surface area (Å²) in [5.41, 5.74) is -1.56. The summed E-state index contributed by atoms with van der Waals surface area (Å²) in [5, 5.41) is 1.81. The average Bonchev–Trinajstić information content (AvgIpc) is 2.70. The molecule has 0 heterocycles. The van der Waals surface area contributed by atoms with E-state index >= 15 is 0 Å². The van der Waals surface area contributed by atoms with Gasteiger partial charge < -0.3 is 5.32 Å². The molecule has 3 rings (SSSR count). The summed E-state index contributed by atoms with van der Waals surface area (Å²) in [6, 6.07) is 12.3. The first-order chi connectivity index (χ1) is 14.9. The molecule has 0 unspecified atom stereocenters. The zero-order chi connectivity index (χ0) is 23.7. The summed E-state index contributed by atoms with van der Waals surface area (Å²) in [6.45, 7) is 0. The van der Waals surface area contributed by atoms with Gasteiger partial charge in [0, 0.05) is 10.7 Å². The fourth-order valence-electron chi connectivity index (χ4n) is 2.67. The Morgan fingerprint density at radius 1 is 0.875 bits per heavy atom. The smallest absolute Gasteiger partial charge is 0.322 e. The molecular weight excluding hydrogens is 512 g/mol. The standard InChI is InChI=1S/C20H12Cl3F3N2O3S/c21-11-5-7-16(23)18(9-11)32(30,31)28-17-4-2-1-3-13(17)19(29)27-12-6-8-15(22)14(10-12)20(24,25)26/h1-10,28H,(H,27,29). The van der Waals surface area contributed by atoms with E-state index in [0.29, 0.717) is 6.07 Å². The van der Waals surface area contributed by atoms with Crippen LogP contribution in [0.25, 0.3) is 0 Å². The molecule has 5 nitrogen and oxygen atoms in total. The Bertz CT molecular complexity index is 1300. The number of carbonyl (C=O) groups excluding carboxylic acids is 1. The minimum Gasteiger partial charge on any atom is -0.322 e. The quantitative estimate of drug-likeness (QED) is 0.390. The number of halogens is 6. The van der Waals surface area contributed by atoms with E-state index in [1.807, 2.05) is 0 Å². The van der Waals surface area contributed by atoms with Gasteiger partial charge in [-0.15, -0.1) is 0 Å². The van der Waals surface area contributed by atoms with Gasteiger partial charge in [0.25, 0.3) is 15.9 Å². The minimum absolute atomic E-state index is 0.0929. The van der Waals surface area contributed by atoms with Crippen LogP contribution in [0.2, 0.25) is 15.1 Å². The zero-order valence-corrected chi connectivity index (χ0v) is 18.8. The molecule has 0 saturated carbocycles. The minimum atomic E-state index is -4.72. The first kappa shape index (κ1) is 24.2. The highest BCUT2D eigenvalue weighted by molar-refractivity contribution is 7.92. The lowest BCUT2D eigenvalue weighted by Crippen LogP contribution is -2.19. The van der Waals surface area contributed by atoms with E-state index in [2.05, 4.69) is 10.0 Å². The SMILES string of the molecule is O=C(Nc1ccc(Cl)c(C(F)(F)F)c1)c1ccccc1NS(=O)(=O)c1cc(Cl)ccc1Cl. The molecule has 3 aromatic carbocycles. The fraction of sp³-hybridized carbons (Fsp3) is 0.0500. The molecule has 32 heavy (non-hydrogen) atoms. The number of carbonyl (C=O) groups is 1. The highest BCUT2D eigenvalue weighted by atomic mass is 35.5. The van der Waals surface area contributed by atoms with Crippen molar-refractivity contribution in [2.45, 2.75) is 11.1 Å². The molecule has 0 aliphatic heterocycles. The van der Waals surface area contributed by atoms with Crippen LogP contribution in [0, 0.1) is 0 Å². The van der Waals surface area contributed by atoms with Gasteiger partial charge in [-0.25, -0.2) is 8.42 Å². The van der Waals surface area contributed by atoms with Gasteiger partial charge in [0.15, 0.2) is 0 Å². The average molecular weight is 524 g/mol. The van der Waals surface area contributed by atoms with Crippen LogP contribution in [0.3, 0.4) is 0 Å². The topological polar surface area (TPSA) is 75.3 Å². The molecule has 12 heteroatoms. The Labute approximate surface area is 196 Å². The summed E-state index contributed by atoms with van der Waals surface area (Å²) in [6.07, 6.45) is -4.72. The van der Waals surface area contributed by atoms with Gasteiger partial charge in [0.1, 0.15) is 4.90 Å². The number of anilines is 2. The second-order valence-corrected chi connectivity index (χ2v) is 9.27. The molecule has 168 valence electrons. The number of sulfonamides is 1. The van der Waals surface area contributed by atoms with Crippen molar-refractivity contribution in [3.63, 3.8) is 0 Å². The van der Waals surface area contributed by atoms with Gasteiger partial charge in [-0.05, 0) is 48.5 Å². The van der Waals surface area contributed by atoms with Gasteiger partial charge in [-0.3, -0.25) is 9.52 Å². The summed E-state index contributed by atoms with van der Waals surface area (Å²) >= 11 is 17.4. The fourth-order valence-corrected chi connectivity index (χ4v) is 4.74. The van der Waals surface area contributed by atoms with Crippen molar-refractivity contribution in [1.29, 1.82) is 0 Å². The number of hydrogen-bond donors (Lipinski definition) is 2. The third-order valence-corrected chi connectivity index (χ3v) is 6.54. The van der Waals surface area contributed by atoms with E-state index in [-0.39, 0.29) is 31.9 Å². The number of alkyl halides is 3. The Morgan fingerprint density at radius 3 is 2.22 bits per heavy atom. The first-order valence-electron chi connectivity index (χ1n) is 8.63. The third-order valence-electron chi connectivity index (χ3n) is 4.13. The molecule has 3 aromatic rings. The van der Waals surface area contributed by atoms with Crippen molar-refractivity contribution in [3.05, 3.63) is 86.9 Å². The summed E-state index contributed by atoms with van der Waals surface area (Å²) in [5.74, 6) is -0.851. The Balaban J connectivity index is 1.92. The number of rotatable bonds is 5. The largest absolute Gasteiger partial charge is 0.417 e. The lowest BCUT2D eigenvalue weighted by Gasteiger charge is -2.15. The van der Waals surface area contributed by atoms with Crippen molar-refractivity contribution < 1.29 is 26.4 Å². The van der Waals surface area contributed by atoms with Crippen molar-refractivity contribution in [3.8, 4) is 0 Å². The molecule has 0 atom stereocenters. The molecule has 0 bridgehead atoms. The Morgan fingerprint density at radius 2 is 1.53 bits per heavy atom. The van der Waals surface area contributed by atoms with Gasteiger partial charge in [0.2, 0.25) is 0 Å². The summed E-state index contributed by atoms with van der Waals surface area (Å²) in [4.78, 5) is 12.4. The molecule has 0 saturated heterocycles. The van der Waals surface area contributed by atoms with Crippen molar-refractivity contribution in [2.75, 3.05) is 10.0 Å². The van der Waals surface area contributed by atoms with Crippen LogP contribution >= 0.6 is 34.8 Å². The van der Waals surface area contributed by atoms with Gasteiger partial charge >= 0.3 is 6.18 Å². The molecule has 0 aliphatic rings.